The SMILES string of the molecule is OCCC#Cc1cc(F)cc(OCCCn2ccnc2)c1. The van der Waals surface area contributed by atoms with Gasteiger partial charge in [-0.1, -0.05) is 11.8 Å². The Bertz CT molecular complexity index is 615. The molecule has 0 aliphatic heterocycles. The van der Waals surface area contributed by atoms with Crippen LogP contribution in [-0.4, -0.2) is 27.9 Å². The number of benzene rings is 1. The fourth-order valence-corrected chi connectivity index (χ4v) is 1.79. The fraction of sp³-hybridized carbons (Fsp3) is 0.312. The van der Waals surface area contributed by atoms with Crippen LogP contribution in [0.4, 0.5) is 4.39 Å². The Kier molecular flexibility index (Phi) is 5.80. The molecule has 0 saturated carbocycles. The van der Waals surface area contributed by atoms with Gasteiger partial charge in [-0.3, -0.25) is 0 Å². The van der Waals surface area contributed by atoms with E-state index in [1.165, 1.54) is 12.1 Å². The highest BCUT2D eigenvalue weighted by Gasteiger charge is 2.00. The maximum atomic E-state index is 13.5. The van der Waals surface area contributed by atoms with Gasteiger partial charge < -0.3 is 14.4 Å². The van der Waals surface area contributed by atoms with E-state index in [0.717, 1.165) is 13.0 Å². The first-order valence-corrected chi connectivity index (χ1v) is 6.77. The van der Waals surface area contributed by atoms with Gasteiger partial charge in [-0.05, 0) is 18.6 Å². The summed E-state index contributed by atoms with van der Waals surface area (Å²) in [4.78, 5) is 3.96. The van der Waals surface area contributed by atoms with Crippen molar-refractivity contribution in [2.24, 2.45) is 0 Å². The Hall–Kier alpha value is -2.32. The van der Waals surface area contributed by atoms with Crippen molar-refractivity contribution in [2.45, 2.75) is 19.4 Å². The van der Waals surface area contributed by atoms with Crippen LogP contribution in [0.3, 0.4) is 0 Å². The molecule has 1 aromatic heterocycles. The molecule has 1 N–H and O–H groups in total. The minimum absolute atomic E-state index is 0.0000767. The van der Waals surface area contributed by atoms with Gasteiger partial charge in [0.2, 0.25) is 0 Å². The smallest absolute Gasteiger partial charge is 0.128 e. The Morgan fingerprint density at radius 2 is 2.24 bits per heavy atom. The average Bonchev–Trinajstić information content (AvgIpc) is 2.97. The number of nitrogens with zero attached hydrogens (tertiary/aromatic N) is 2. The second-order valence-electron chi connectivity index (χ2n) is 4.45. The standard InChI is InChI=1S/C16H17FN2O2/c17-15-10-14(4-1-2-8-20)11-16(12-15)21-9-3-6-19-7-5-18-13-19/h5,7,10-13,20H,2-3,6,8-9H2. The van der Waals surface area contributed by atoms with E-state index in [9.17, 15) is 4.39 Å². The lowest BCUT2D eigenvalue weighted by Crippen LogP contribution is -2.03. The Morgan fingerprint density at radius 1 is 1.33 bits per heavy atom. The highest BCUT2D eigenvalue weighted by molar-refractivity contribution is 5.40. The molecule has 0 bridgehead atoms. The second kappa shape index (κ2) is 8.08. The maximum absolute atomic E-state index is 13.5. The van der Waals surface area contributed by atoms with E-state index < -0.39 is 0 Å². The van der Waals surface area contributed by atoms with Gasteiger partial charge in [0.05, 0.1) is 19.5 Å². The fourth-order valence-electron chi connectivity index (χ4n) is 1.79. The van der Waals surface area contributed by atoms with Crippen LogP contribution in [0.1, 0.15) is 18.4 Å². The zero-order valence-corrected chi connectivity index (χ0v) is 11.6. The topological polar surface area (TPSA) is 47.3 Å². The van der Waals surface area contributed by atoms with E-state index in [0.29, 0.717) is 24.3 Å². The van der Waals surface area contributed by atoms with Gasteiger partial charge in [-0.2, -0.15) is 0 Å². The van der Waals surface area contributed by atoms with Crippen molar-refractivity contribution in [3.05, 3.63) is 48.3 Å². The Labute approximate surface area is 123 Å². The van der Waals surface area contributed by atoms with Crippen molar-refractivity contribution in [1.29, 1.82) is 0 Å². The summed E-state index contributed by atoms with van der Waals surface area (Å²) in [6, 6.07) is 4.39. The van der Waals surface area contributed by atoms with Crippen molar-refractivity contribution in [3.8, 4) is 17.6 Å². The number of imidazole rings is 1. The second-order valence-corrected chi connectivity index (χ2v) is 4.45. The highest BCUT2D eigenvalue weighted by atomic mass is 19.1. The van der Waals surface area contributed by atoms with Crippen LogP contribution in [0.15, 0.2) is 36.9 Å². The lowest BCUT2D eigenvalue weighted by Gasteiger charge is -2.07. The molecular weight excluding hydrogens is 271 g/mol. The monoisotopic (exact) mass is 288 g/mol. The summed E-state index contributed by atoms with van der Waals surface area (Å²) in [6.45, 7) is 1.30. The summed E-state index contributed by atoms with van der Waals surface area (Å²) in [6.07, 6.45) is 6.54. The Morgan fingerprint density at radius 3 is 3.00 bits per heavy atom. The summed E-state index contributed by atoms with van der Waals surface area (Å²) in [7, 11) is 0. The molecule has 0 spiro atoms. The molecule has 1 heterocycles. The number of hydrogen-bond acceptors (Lipinski definition) is 3. The number of ether oxygens (including phenoxy) is 1. The van der Waals surface area contributed by atoms with Crippen LogP contribution in [0.5, 0.6) is 5.75 Å². The van der Waals surface area contributed by atoms with Crippen LogP contribution in [0.2, 0.25) is 0 Å². The number of hydrogen-bond donors (Lipinski definition) is 1. The number of rotatable bonds is 6. The molecule has 0 unspecified atom stereocenters. The third kappa shape index (κ3) is 5.28. The summed E-state index contributed by atoms with van der Waals surface area (Å²) in [5, 5.41) is 8.67. The lowest BCUT2D eigenvalue weighted by atomic mass is 10.2. The van der Waals surface area contributed by atoms with Crippen LogP contribution in [-0.2, 0) is 6.54 Å². The van der Waals surface area contributed by atoms with Crippen molar-refractivity contribution in [2.75, 3.05) is 13.2 Å². The van der Waals surface area contributed by atoms with Gasteiger partial charge in [0.25, 0.3) is 0 Å². The van der Waals surface area contributed by atoms with E-state index in [4.69, 9.17) is 9.84 Å². The van der Waals surface area contributed by atoms with E-state index in [2.05, 4.69) is 16.8 Å². The molecule has 5 heteroatoms. The number of aromatic nitrogens is 2. The van der Waals surface area contributed by atoms with Crippen molar-refractivity contribution in [3.63, 3.8) is 0 Å². The molecule has 0 radical (unpaired) electrons. The maximum Gasteiger partial charge on any atom is 0.128 e. The zero-order chi connectivity index (χ0) is 14.9. The quantitative estimate of drug-likeness (QED) is 0.655. The average molecular weight is 288 g/mol. The predicted octanol–water partition coefficient (Wildman–Crippen LogP) is 2.23. The molecule has 0 saturated heterocycles. The van der Waals surface area contributed by atoms with Crippen molar-refractivity contribution < 1.29 is 14.2 Å². The van der Waals surface area contributed by atoms with Crippen molar-refractivity contribution in [1.82, 2.24) is 9.55 Å². The largest absolute Gasteiger partial charge is 0.493 e. The van der Waals surface area contributed by atoms with Crippen molar-refractivity contribution >= 4 is 0 Å². The predicted molar refractivity (Wildman–Crippen MR) is 77.3 cm³/mol. The molecule has 2 rings (SSSR count). The van der Waals surface area contributed by atoms with Gasteiger partial charge in [0, 0.05) is 37.0 Å². The molecule has 0 amide bonds. The van der Waals surface area contributed by atoms with Gasteiger partial charge >= 0.3 is 0 Å². The lowest BCUT2D eigenvalue weighted by molar-refractivity contribution is 0.300. The highest BCUT2D eigenvalue weighted by Crippen LogP contribution is 2.16. The molecule has 0 atom stereocenters. The van der Waals surface area contributed by atoms with E-state index >= 15 is 0 Å². The molecular formula is C16H17FN2O2. The molecule has 4 nitrogen and oxygen atoms in total. The Balaban J connectivity index is 1.86. The summed E-state index contributed by atoms with van der Waals surface area (Å²) in [5.41, 5.74) is 0.549. The van der Waals surface area contributed by atoms with Crippen LogP contribution >= 0.6 is 0 Å². The first kappa shape index (κ1) is 15.1. The van der Waals surface area contributed by atoms with Gasteiger partial charge in [-0.25, -0.2) is 9.37 Å². The molecule has 0 fully saturated rings. The van der Waals surface area contributed by atoms with Gasteiger partial charge in [0.15, 0.2) is 0 Å². The van der Waals surface area contributed by atoms with Gasteiger partial charge in [0.1, 0.15) is 11.6 Å². The molecule has 1 aromatic carbocycles. The minimum atomic E-state index is -0.379. The third-order valence-corrected chi connectivity index (χ3v) is 2.73. The first-order valence-electron chi connectivity index (χ1n) is 6.77. The van der Waals surface area contributed by atoms with Crippen LogP contribution in [0, 0.1) is 17.7 Å². The molecule has 0 aliphatic carbocycles. The van der Waals surface area contributed by atoms with E-state index in [-0.39, 0.29) is 12.4 Å². The summed E-state index contributed by atoms with van der Waals surface area (Å²) < 4.78 is 21.0. The molecule has 2 aromatic rings. The number of aliphatic hydroxyl groups excluding tert-OH is 1. The van der Waals surface area contributed by atoms with E-state index in [1.807, 2.05) is 10.8 Å². The molecule has 110 valence electrons. The third-order valence-electron chi connectivity index (χ3n) is 2.73. The number of aliphatic hydroxyl groups is 1. The minimum Gasteiger partial charge on any atom is -0.493 e. The van der Waals surface area contributed by atoms with Crippen LogP contribution < -0.4 is 4.74 Å². The van der Waals surface area contributed by atoms with Gasteiger partial charge in [-0.15, -0.1) is 0 Å². The normalized spacial score (nSPS) is 10.0. The summed E-state index contributed by atoms with van der Waals surface area (Å²) in [5.74, 6) is 5.64. The summed E-state index contributed by atoms with van der Waals surface area (Å²) >= 11 is 0. The molecule has 0 aliphatic rings. The molecule has 21 heavy (non-hydrogen) atoms. The first-order chi connectivity index (χ1) is 10.3. The zero-order valence-electron chi connectivity index (χ0n) is 11.6. The number of halogens is 1. The van der Waals surface area contributed by atoms with Crippen LogP contribution in [0.25, 0.3) is 0 Å². The number of aryl methyl sites for hydroxylation is 1. The van der Waals surface area contributed by atoms with E-state index in [1.54, 1.807) is 18.6 Å².